The number of halogens is 3. The highest BCUT2D eigenvalue weighted by atomic mass is 19.4. The summed E-state index contributed by atoms with van der Waals surface area (Å²) in [4.78, 5) is 0. The zero-order chi connectivity index (χ0) is 13.2. The topological polar surface area (TPSA) is 44.5 Å². The van der Waals surface area contributed by atoms with E-state index >= 15 is 0 Å². The number of alkyl halides is 3. The van der Waals surface area contributed by atoms with Gasteiger partial charge in [0.25, 0.3) is 0 Å². The monoisotopic (exact) mass is 261 g/mol. The average Bonchev–Trinajstić information content (AvgIpc) is 2.28. The Kier molecular flexibility index (Phi) is 3.77. The molecule has 1 aliphatic rings. The number of benzene rings is 1. The van der Waals surface area contributed by atoms with Crippen LogP contribution in [0.15, 0.2) is 24.3 Å². The van der Waals surface area contributed by atoms with Crippen molar-refractivity contribution in [3.05, 3.63) is 29.8 Å². The zero-order valence-electron chi connectivity index (χ0n) is 9.61. The lowest BCUT2D eigenvalue weighted by atomic mass is 9.98. The molecule has 0 saturated carbocycles. The molecule has 2 atom stereocenters. The second kappa shape index (κ2) is 5.16. The first-order valence-corrected chi connectivity index (χ1v) is 5.60. The van der Waals surface area contributed by atoms with E-state index < -0.39 is 18.9 Å². The number of hydrogen-bond donors (Lipinski definition) is 1. The first-order chi connectivity index (χ1) is 8.46. The average molecular weight is 261 g/mol. The molecule has 3 nitrogen and oxygen atoms in total. The summed E-state index contributed by atoms with van der Waals surface area (Å²) < 4.78 is 46.0. The lowest BCUT2D eigenvalue weighted by Crippen LogP contribution is -2.46. The Morgan fingerprint density at radius 1 is 1.33 bits per heavy atom. The van der Waals surface area contributed by atoms with Gasteiger partial charge in [0.1, 0.15) is 18.5 Å². The smallest absolute Gasteiger partial charge is 0.411 e. The molecule has 100 valence electrons. The SMILES string of the molecule is NC1Cc2ccccc2OC1COCC(F)(F)F. The molecule has 1 aromatic rings. The maximum absolute atomic E-state index is 11.9. The van der Waals surface area contributed by atoms with Gasteiger partial charge in [0.05, 0.1) is 6.61 Å². The molecule has 0 amide bonds. The molecule has 0 aromatic heterocycles. The molecular weight excluding hydrogens is 247 g/mol. The van der Waals surface area contributed by atoms with E-state index in [2.05, 4.69) is 4.74 Å². The number of hydrogen-bond acceptors (Lipinski definition) is 3. The van der Waals surface area contributed by atoms with Gasteiger partial charge in [0, 0.05) is 6.04 Å². The maximum Gasteiger partial charge on any atom is 0.411 e. The number of para-hydroxylation sites is 1. The molecular formula is C12H14F3NO2. The van der Waals surface area contributed by atoms with Gasteiger partial charge in [-0.3, -0.25) is 0 Å². The lowest BCUT2D eigenvalue weighted by molar-refractivity contribution is -0.179. The third kappa shape index (κ3) is 3.36. The number of fused-ring (bicyclic) bond motifs is 1. The molecule has 0 radical (unpaired) electrons. The van der Waals surface area contributed by atoms with Crippen molar-refractivity contribution in [2.75, 3.05) is 13.2 Å². The normalized spacial score (nSPS) is 23.3. The van der Waals surface area contributed by atoms with Crippen molar-refractivity contribution < 1.29 is 22.6 Å². The minimum Gasteiger partial charge on any atom is -0.486 e. The minimum absolute atomic E-state index is 0.158. The standard InChI is InChI=1S/C12H14F3NO2/c13-12(14,15)7-17-6-11-9(16)5-8-3-1-2-4-10(8)18-11/h1-4,9,11H,5-7,16H2. The second-order valence-electron chi connectivity index (χ2n) is 4.26. The van der Waals surface area contributed by atoms with Crippen LogP contribution in [0.2, 0.25) is 0 Å². The highest BCUT2D eigenvalue weighted by Crippen LogP contribution is 2.27. The van der Waals surface area contributed by atoms with Crippen molar-refractivity contribution in [1.82, 2.24) is 0 Å². The van der Waals surface area contributed by atoms with Crippen molar-refractivity contribution in [2.24, 2.45) is 5.73 Å². The van der Waals surface area contributed by atoms with Crippen LogP contribution in [-0.2, 0) is 11.2 Å². The van der Waals surface area contributed by atoms with E-state index in [9.17, 15) is 13.2 Å². The van der Waals surface area contributed by atoms with Gasteiger partial charge in [-0.25, -0.2) is 0 Å². The summed E-state index contributed by atoms with van der Waals surface area (Å²) in [6, 6.07) is 6.99. The van der Waals surface area contributed by atoms with E-state index in [1.807, 2.05) is 18.2 Å². The fraction of sp³-hybridized carbons (Fsp3) is 0.500. The molecule has 6 heteroatoms. The van der Waals surface area contributed by atoms with Gasteiger partial charge >= 0.3 is 6.18 Å². The quantitative estimate of drug-likeness (QED) is 0.903. The van der Waals surface area contributed by atoms with E-state index in [1.165, 1.54) is 0 Å². The minimum atomic E-state index is -4.32. The summed E-state index contributed by atoms with van der Waals surface area (Å²) >= 11 is 0. The van der Waals surface area contributed by atoms with Crippen molar-refractivity contribution in [2.45, 2.75) is 24.7 Å². The van der Waals surface area contributed by atoms with E-state index in [0.29, 0.717) is 12.2 Å². The predicted octanol–water partition coefficient (Wildman–Crippen LogP) is 1.90. The first kappa shape index (κ1) is 13.2. The first-order valence-electron chi connectivity index (χ1n) is 5.60. The Bertz CT molecular complexity index is 409. The Hall–Kier alpha value is -1.27. The summed E-state index contributed by atoms with van der Waals surface area (Å²) in [7, 11) is 0. The molecule has 2 rings (SSSR count). The van der Waals surface area contributed by atoms with Crippen LogP contribution < -0.4 is 10.5 Å². The molecule has 1 aromatic carbocycles. The highest BCUT2D eigenvalue weighted by molar-refractivity contribution is 5.36. The van der Waals surface area contributed by atoms with Crippen molar-refractivity contribution in [3.63, 3.8) is 0 Å². The van der Waals surface area contributed by atoms with Crippen molar-refractivity contribution in [3.8, 4) is 5.75 Å². The van der Waals surface area contributed by atoms with Gasteiger partial charge < -0.3 is 15.2 Å². The van der Waals surface area contributed by atoms with Crippen molar-refractivity contribution in [1.29, 1.82) is 0 Å². The van der Waals surface area contributed by atoms with Gasteiger partial charge in [-0.2, -0.15) is 13.2 Å². The van der Waals surface area contributed by atoms with Gasteiger partial charge in [-0.15, -0.1) is 0 Å². The van der Waals surface area contributed by atoms with Crippen LogP contribution in [0.4, 0.5) is 13.2 Å². The third-order valence-corrected chi connectivity index (χ3v) is 2.73. The number of nitrogens with two attached hydrogens (primary N) is 1. The van der Waals surface area contributed by atoms with Gasteiger partial charge in [-0.1, -0.05) is 18.2 Å². The van der Waals surface area contributed by atoms with Gasteiger partial charge in [0.15, 0.2) is 0 Å². The molecule has 0 spiro atoms. The fourth-order valence-electron chi connectivity index (χ4n) is 1.87. The third-order valence-electron chi connectivity index (χ3n) is 2.73. The molecule has 18 heavy (non-hydrogen) atoms. The Morgan fingerprint density at radius 3 is 2.78 bits per heavy atom. The van der Waals surface area contributed by atoms with Gasteiger partial charge in [0.2, 0.25) is 0 Å². The predicted molar refractivity (Wildman–Crippen MR) is 59.4 cm³/mol. The fourth-order valence-corrected chi connectivity index (χ4v) is 1.87. The molecule has 0 fully saturated rings. The van der Waals surface area contributed by atoms with Crippen LogP contribution >= 0.6 is 0 Å². The summed E-state index contributed by atoms with van der Waals surface area (Å²) in [5.74, 6) is 0.666. The van der Waals surface area contributed by atoms with Crippen molar-refractivity contribution >= 4 is 0 Å². The van der Waals surface area contributed by atoms with E-state index in [0.717, 1.165) is 5.56 Å². The largest absolute Gasteiger partial charge is 0.486 e. The maximum atomic E-state index is 11.9. The van der Waals surface area contributed by atoms with Crippen LogP contribution in [0, 0.1) is 0 Å². The van der Waals surface area contributed by atoms with Gasteiger partial charge in [-0.05, 0) is 18.1 Å². The summed E-state index contributed by atoms with van der Waals surface area (Å²) in [5, 5.41) is 0. The van der Waals surface area contributed by atoms with Crippen LogP contribution in [0.25, 0.3) is 0 Å². The highest BCUT2D eigenvalue weighted by Gasteiger charge is 2.31. The number of ether oxygens (including phenoxy) is 2. The summed E-state index contributed by atoms with van der Waals surface area (Å²) in [6.07, 6.45) is -4.28. The summed E-state index contributed by atoms with van der Waals surface area (Å²) in [6.45, 7) is -1.43. The molecule has 2 unspecified atom stereocenters. The molecule has 0 aliphatic carbocycles. The second-order valence-corrected chi connectivity index (χ2v) is 4.26. The zero-order valence-corrected chi connectivity index (χ0v) is 9.61. The molecule has 0 bridgehead atoms. The Morgan fingerprint density at radius 2 is 2.06 bits per heavy atom. The van der Waals surface area contributed by atoms with E-state index in [4.69, 9.17) is 10.5 Å². The van der Waals surface area contributed by atoms with E-state index in [-0.39, 0.29) is 12.6 Å². The molecule has 1 heterocycles. The Labute approximate surface area is 103 Å². The van der Waals surface area contributed by atoms with Crippen LogP contribution in [0.1, 0.15) is 5.56 Å². The molecule has 2 N–H and O–H groups in total. The Balaban J connectivity index is 1.92. The lowest BCUT2D eigenvalue weighted by Gasteiger charge is -2.31. The summed E-state index contributed by atoms with van der Waals surface area (Å²) in [5.41, 5.74) is 6.83. The number of rotatable bonds is 3. The van der Waals surface area contributed by atoms with Crippen LogP contribution in [0.3, 0.4) is 0 Å². The van der Waals surface area contributed by atoms with E-state index in [1.54, 1.807) is 6.07 Å². The van der Waals surface area contributed by atoms with Crippen LogP contribution in [-0.4, -0.2) is 31.5 Å². The molecule has 1 aliphatic heterocycles. The van der Waals surface area contributed by atoms with Crippen LogP contribution in [0.5, 0.6) is 5.75 Å². The molecule has 0 saturated heterocycles.